The molecule has 0 bridgehead atoms. The molecule has 0 aromatic heterocycles. The quantitative estimate of drug-likeness (QED) is 0.739. The number of sulfonamides is 1. The molecular formula is C14H23N3O3S. The van der Waals surface area contributed by atoms with Crippen LogP contribution in [0.15, 0.2) is 29.2 Å². The molecule has 1 aromatic rings. The number of anilines is 1. The lowest BCUT2D eigenvalue weighted by molar-refractivity contribution is -0.116. The van der Waals surface area contributed by atoms with E-state index in [1.54, 1.807) is 18.2 Å². The van der Waals surface area contributed by atoms with Gasteiger partial charge in [0.05, 0.1) is 5.69 Å². The Bertz CT molecular complexity index is 592. The smallest absolute Gasteiger partial charge is 0.242 e. The topological polar surface area (TPSA) is 87.3 Å². The van der Waals surface area contributed by atoms with Crippen LogP contribution in [0.25, 0.3) is 0 Å². The van der Waals surface area contributed by atoms with Crippen molar-refractivity contribution in [3.63, 3.8) is 0 Å². The number of rotatable bonds is 6. The van der Waals surface area contributed by atoms with E-state index in [9.17, 15) is 13.2 Å². The van der Waals surface area contributed by atoms with Gasteiger partial charge in [-0.3, -0.25) is 4.79 Å². The highest BCUT2D eigenvalue weighted by molar-refractivity contribution is 7.89. The molecule has 0 aliphatic rings. The zero-order valence-electron chi connectivity index (χ0n) is 12.9. The first kappa shape index (κ1) is 17.6. The molecule has 0 saturated carbocycles. The molecule has 6 nitrogen and oxygen atoms in total. The van der Waals surface area contributed by atoms with Crippen molar-refractivity contribution in [1.29, 1.82) is 0 Å². The normalized spacial score (nSPS) is 12.2. The van der Waals surface area contributed by atoms with Gasteiger partial charge in [0.1, 0.15) is 4.90 Å². The highest BCUT2D eigenvalue weighted by Crippen LogP contribution is 2.20. The first-order valence-electron chi connectivity index (χ1n) is 6.73. The zero-order valence-corrected chi connectivity index (χ0v) is 13.7. The van der Waals surface area contributed by atoms with Gasteiger partial charge < -0.3 is 10.6 Å². The van der Waals surface area contributed by atoms with Crippen LogP contribution in [0, 0.1) is 0 Å². The Morgan fingerprint density at radius 2 is 1.81 bits per heavy atom. The molecule has 1 amide bonds. The Morgan fingerprint density at radius 3 is 2.38 bits per heavy atom. The van der Waals surface area contributed by atoms with Gasteiger partial charge in [0.25, 0.3) is 0 Å². The summed E-state index contributed by atoms with van der Waals surface area (Å²) in [5.41, 5.74) is 0.223. The lowest BCUT2D eigenvalue weighted by Gasteiger charge is -2.20. The van der Waals surface area contributed by atoms with Crippen molar-refractivity contribution in [2.45, 2.75) is 37.6 Å². The molecule has 0 radical (unpaired) electrons. The van der Waals surface area contributed by atoms with Crippen LogP contribution in [0.5, 0.6) is 0 Å². The van der Waals surface area contributed by atoms with Gasteiger partial charge in [0, 0.05) is 18.5 Å². The van der Waals surface area contributed by atoms with E-state index in [1.165, 1.54) is 13.1 Å². The van der Waals surface area contributed by atoms with Crippen LogP contribution in [0.4, 0.5) is 5.69 Å². The second-order valence-electron chi connectivity index (χ2n) is 5.68. The van der Waals surface area contributed by atoms with Gasteiger partial charge in [-0.1, -0.05) is 12.1 Å². The molecule has 21 heavy (non-hydrogen) atoms. The number of hydrogen-bond donors (Lipinski definition) is 3. The summed E-state index contributed by atoms with van der Waals surface area (Å²) in [6, 6.07) is 6.31. The third-order valence-electron chi connectivity index (χ3n) is 2.73. The second-order valence-corrected chi connectivity index (χ2v) is 7.53. The fourth-order valence-electron chi connectivity index (χ4n) is 1.68. The maximum Gasteiger partial charge on any atom is 0.242 e. The SMILES string of the molecule is CNS(=O)(=O)c1ccccc1NC(=O)CCNC(C)(C)C. The molecule has 0 aliphatic heterocycles. The van der Waals surface area contributed by atoms with E-state index in [0.717, 1.165) is 0 Å². The third-order valence-corrected chi connectivity index (χ3v) is 4.20. The Morgan fingerprint density at radius 1 is 1.19 bits per heavy atom. The Kier molecular flexibility index (Phi) is 5.88. The number of benzene rings is 1. The van der Waals surface area contributed by atoms with Gasteiger partial charge in [-0.2, -0.15) is 0 Å². The van der Waals surface area contributed by atoms with Crippen molar-refractivity contribution in [3.8, 4) is 0 Å². The molecule has 118 valence electrons. The van der Waals surface area contributed by atoms with E-state index < -0.39 is 10.0 Å². The highest BCUT2D eigenvalue weighted by Gasteiger charge is 2.17. The number of amides is 1. The average Bonchev–Trinajstić information content (AvgIpc) is 2.37. The van der Waals surface area contributed by atoms with E-state index in [4.69, 9.17) is 0 Å². The summed E-state index contributed by atoms with van der Waals surface area (Å²) in [5, 5.41) is 5.84. The second kappa shape index (κ2) is 7.02. The number of nitrogens with one attached hydrogen (secondary N) is 3. The Hall–Kier alpha value is -1.44. The molecule has 7 heteroatoms. The summed E-state index contributed by atoms with van der Waals surface area (Å²) >= 11 is 0. The maximum atomic E-state index is 11.9. The lowest BCUT2D eigenvalue weighted by Crippen LogP contribution is -2.37. The third kappa shape index (κ3) is 5.82. The van der Waals surface area contributed by atoms with Gasteiger partial charge >= 0.3 is 0 Å². The lowest BCUT2D eigenvalue weighted by atomic mass is 10.1. The number of hydrogen-bond acceptors (Lipinski definition) is 4. The van der Waals surface area contributed by atoms with Gasteiger partial charge in [0.2, 0.25) is 15.9 Å². The monoisotopic (exact) mass is 313 g/mol. The summed E-state index contributed by atoms with van der Waals surface area (Å²) in [6.07, 6.45) is 0.269. The maximum absolute atomic E-state index is 11.9. The molecule has 0 fully saturated rings. The molecule has 3 N–H and O–H groups in total. The summed E-state index contributed by atoms with van der Waals surface area (Å²) in [5.74, 6) is -0.231. The predicted octanol–water partition coefficient (Wildman–Crippen LogP) is 1.31. The fourth-order valence-corrected chi connectivity index (χ4v) is 2.56. The molecular weight excluding hydrogens is 290 g/mol. The molecule has 0 spiro atoms. The predicted molar refractivity (Wildman–Crippen MR) is 83.7 cm³/mol. The number of para-hydroxylation sites is 1. The number of carbonyl (C=O) groups excluding carboxylic acids is 1. The van der Waals surface area contributed by atoms with E-state index in [-0.39, 0.29) is 28.4 Å². The largest absolute Gasteiger partial charge is 0.325 e. The summed E-state index contributed by atoms with van der Waals surface area (Å²) in [4.78, 5) is 12.0. The van der Waals surface area contributed by atoms with Crippen LogP contribution in [0.1, 0.15) is 27.2 Å². The molecule has 1 aromatic carbocycles. The molecule has 1 rings (SSSR count). The number of carbonyl (C=O) groups is 1. The minimum Gasteiger partial charge on any atom is -0.325 e. The minimum absolute atomic E-state index is 0.0598. The molecule has 0 atom stereocenters. The minimum atomic E-state index is -3.60. The van der Waals surface area contributed by atoms with Crippen molar-refractivity contribution < 1.29 is 13.2 Å². The molecule has 0 unspecified atom stereocenters. The van der Waals surface area contributed by atoms with E-state index in [1.807, 2.05) is 20.8 Å². The highest BCUT2D eigenvalue weighted by atomic mass is 32.2. The van der Waals surface area contributed by atoms with Gasteiger partial charge in [-0.15, -0.1) is 0 Å². The van der Waals surface area contributed by atoms with Crippen LogP contribution in [0.3, 0.4) is 0 Å². The summed E-state index contributed by atoms with van der Waals surface area (Å²) in [7, 11) is -2.26. The summed E-state index contributed by atoms with van der Waals surface area (Å²) < 4.78 is 26.0. The van der Waals surface area contributed by atoms with Gasteiger partial charge in [-0.25, -0.2) is 13.1 Å². The Balaban J connectivity index is 2.74. The Labute approximate surface area is 126 Å². The molecule has 0 heterocycles. The van der Waals surface area contributed by atoms with E-state index in [0.29, 0.717) is 6.54 Å². The summed E-state index contributed by atoms with van der Waals surface area (Å²) in [6.45, 7) is 6.56. The van der Waals surface area contributed by atoms with Crippen LogP contribution in [0.2, 0.25) is 0 Å². The first-order valence-corrected chi connectivity index (χ1v) is 8.21. The zero-order chi connectivity index (χ0) is 16.1. The first-order chi connectivity index (χ1) is 9.65. The fraction of sp³-hybridized carbons (Fsp3) is 0.500. The van der Waals surface area contributed by atoms with Gasteiger partial charge in [-0.05, 0) is 40.0 Å². The van der Waals surface area contributed by atoms with E-state index in [2.05, 4.69) is 15.4 Å². The van der Waals surface area contributed by atoms with Crippen molar-refractivity contribution in [3.05, 3.63) is 24.3 Å². The molecule has 0 saturated heterocycles. The average molecular weight is 313 g/mol. The molecule has 0 aliphatic carbocycles. The van der Waals surface area contributed by atoms with Crippen LogP contribution >= 0.6 is 0 Å². The standard InChI is InChI=1S/C14H23N3O3S/c1-14(2,3)16-10-9-13(18)17-11-7-5-6-8-12(11)21(19,20)15-4/h5-8,15-16H,9-10H2,1-4H3,(H,17,18). The van der Waals surface area contributed by atoms with Crippen LogP contribution in [-0.2, 0) is 14.8 Å². The van der Waals surface area contributed by atoms with Crippen molar-refractivity contribution in [2.75, 3.05) is 18.9 Å². The van der Waals surface area contributed by atoms with Crippen molar-refractivity contribution in [1.82, 2.24) is 10.0 Å². The van der Waals surface area contributed by atoms with Crippen molar-refractivity contribution >= 4 is 21.6 Å². The van der Waals surface area contributed by atoms with Crippen molar-refractivity contribution in [2.24, 2.45) is 0 Å². The van der Waals surface area contributed by atoms with Gasteiger partial charge in [0.15, 0.2) is 0 Å². The van der Waals surface area contributed by atoms with E-state index >= 15 is 0 Å². The van der Waals surface area contributed by atoms with Crippen LogP contribution < -0.4 is 15.4 Å². The van der Waals surface area contributed by atoms with Crippen LogP contribution in [-0.4, -0.2) is 33.5 Å².